The summed E-state index contributed by atoms with van der Waals surface area (Å²) in [5.41, 5.74) is 1.98. The topological polar surface area (TPSA) is 44.2 Å². The molecule has 4 nitrogen and oxygen atoms in total. The van der Waals surface area contributed by atoms with E-state index < -0.39 is 5.60 Å². The number of hydrogen-bond donors (Lipinski definition) is 0. The van der Waals surface area contributed by atoms with Crippen LogP contribution in [0.1, 0.15) is 85.1 Å². The van der Waals surface area contributed by atoms with Crippen LogP contribution in [0.5, 0.6) is 0 Å². The summed E-state index contributed by atoms with van der Waals surface area (Å²) in [4.78, 5) is 9.47. The molecule has 1 aliphatic rings. The predicted octanol–water partition coefficient (Wildman–Crippen LogP) is 5.85. The second-order valence-corrected chi connectivity index (χ2v) is 11.3. The molecule has 0 amide bonds. The lowest BCUT2D eigenvalue weighted by atomic mass is 9.51. The van der Waals surface area contributed by atoms with Crippen molar-refractivity contribution in [3.05, 3.63) is 22.8 Å². The minimum absolute atomic E-state index is 0.104. The van der Waals surface area contributed by atoms with Crippen LogP contribution in [-0.2, 0) is 15.9 Å². The van der Waals surface area contributed by atoms with Crippen molar-refractivity contribution in [1.82, 2.24) is 9.97 Å². The third-order valence-electron chi connectivity index (χ3n) is 10.4. The monoisotopic (exact) mass is 404 g/mol. The molecule has 29 heavy (non-hydrogen) atoms. The van der Waals surface area contributed by atoms with E-state index in [4.69, 9.17) is 14.5 Å². The highest BCUT2D eigenvalue weighted by atomic mass is 16.5. The Kier molecular flexibility index (Phi) is 5.65. The van der Waals surface area contributed by atoms with Gasteiger partial charge in [0.2, 0.25) is 0 Å². The average Bonchev–Trinajstić information content (AvgIpc) is 2.68. The molecule has 1 saturated carbocycles. The van der Waals surface area contributed by atoms with Gasteiger partial charge in [-0.05, 0) is 64.4 Å². The molecule has 0 aromatic carbocycles. The number of hydrogen-bond acceptors (Lipinski definition) is 4. The molecule has 4 heteroatoms. The largest absolute Gasteiger partial charge is 0.378 e. The summed E-state index contributed by atoms with van der Waals surface area (Å²) in [6.07, 6.45) is 0.872. The highest BCUT2D eigenvalue weighted by Crippen LogP contribution is 2.78. The van der Waals surface area contributed by atoms with Crippen LogP contribution < -0.4 is 0 Å². The molecular formula is C25H44N2O2. The molecule has 166 valence electrons. The van der Waals surface area contributed by atoms with E-state index in [1.165, 1.54) is 5.56 Å². The Morgan fingerprint density at radius 2 is 1.34 bits per heavy atom. The van der Waals surface area contributed by atoms with E-state index in [0.717, 1.165) is 23.6 Å². The molecule has 1 aliphatic carbocycles. The third kappa shape index (κ3) is 2.64. The van der Waals surface area contributed by atoms with Gasteiger partial charge in [0.05, 0.1) is 11.2 Å². The standard InChI is InChI=1S/C25H44N2O2/c1-16-17(2)26-18(3)27-19(16)15-23(10)20(4,5)24(11,22(8,9)28-13)25(12,29-14)21(23,6)7/h15H2,1-14H3/t23-,24+,25+/m1/s1. The van der Waals surface area contributed by atoms with Crippen LogP contribution in [-0.4, -0.2) is 35.4 Å². The van der Waals surface area contributed by atoms with Crippen molar-refractivity contribution in [3.8, 4) is 0 Å². The molecule has 2 rings (SSSR count). The number of rotatable bonds is 5. The first kappa shape index (κ1) is 24.3. The lowest BCUT2D eigenvalue weighted by molar-refractivity contribution is -0.228. The van der Waals surface area contributed by atoms with Crippen LogP contribution in [0.4, 0.5) is 0 Å². The molecule has 0 radical (unpaired) electrons. The first-order valence-corrected chi connectivity index (χ1v) is 10.8. The summed E-state index contributed by atoms with van der Waals surface area (Å²) < 4.78 is 12.6. The minimum Gasteiger partial charge on any atom is -0.378 e. The van der Waals surface area contributed by atoms with E-state index >= 15 is 0 Å². The molecule has 1 heterocycles. The van der Waals surface area contributed by atoms with Gasteiger partial charge < -0.3 is 9.47 Å². The molecular weight excluding hydrogens is 360 g/mol. The van der Waals surface area contributed by atoms with Crippen molar-refractivity contribution >= 4 is 0 Å². The average molecular weight is 405 g/mol. The van der Waals surface area contributed by atoms with E-state index in [1.54, 1.807) is 0 Å². The van der Waals surface area contributed by atoms with Gasteiger partial charge in [0.15, 0.2) is 0 Å². The summed E-state index contributed by atoms with van der Waals surface area (Å²) in [5.74, 6) is 0.842. The van der Waals surface area contributed by atoms with Gasteiger partial charge in [0.1, 0.15) is 5.82 Å². The van der Waals surface area contributed by atoms with E-state index in [0.29, 0.717) is 0 Å². The maximum atomic E-state index is 6.45. The predicted molar refractivity (Wildman–Crippen MR) is 120 cm³/mol. The van der Waals surface area contributed by atoms with Gasteiger partial charge in [0, 0.05) is 36.4 Å². The quantitative estimate of drug-likeness (QED) is 0.617. The van der Waals surface area contributed by atoms with Crippen molar-refractivity contribution in [2.24, 2.45) is 21.7 Å². The molecule has 1 aromatic rings. The Morgan fingerprint density at radius 1 is 0.828 bits per heavy atom. The summed E-state index contributed by atoms with van der Waals surface area (Å²) in [6.45, 7) is 27.2. The summed E-state index contributed by atoms with van der Waals surface area (Å²) in [6, 6.07) is 0. The number of aromatic nitrogens is 2. The fraction of sp³-hybridized carbons (Fsp3) is 0.840. The second kappa shape index (κ2) is 6.75. The van der Waals surface area contributed by atoms with Gasteiger partial charge in [-0.15, -0.1) is 0 Å². The zero-order valence-corrected chi connectivity index (χ0v) is 21.4. The molecule has 0 N–H and O–H groups in total. The Bertz CT molecular complexity index is 798. The summed E-state index contributed by atoms with van der Waals surface area (Å²) in [7, 11) is 3.68. The molecule has 0 aliphatic heterocycles. The fourth-order valence-electron chi connectivity index (χ4n) is 6.86. The fourth-order valence-corrected chi connectivity index (χ4v) is 6.86. The van der Waals surface area contributed by atoms with E-state index in [-0.39, 0.29) is 27.3 Å². The van der Waals surface area contributed by atoms with Gasteiger partial charge in [-0.1, -0.05) is 41.5 Å². The molecule has 0 saturated heterocycles. The molecule has 3 atom stereocenters. The number of aryl methyl sites for hydroxylation is 2. The zero-order chi connectivity index (χ0) is 22.8. The molecule has 1 aromatic heterocycles. The van der Waals surface area contributed by atoms with E-state index in [1.807, 2.05) is 21.1 Å². The van der Waals surface area contributed by atoms with Crippen LogP contribution in [0, 0.1) is 42.4 Å². The van der Waals surface area contributed by atoms with Crippen LogP contribution in [0.15, 0.2) is 0 Å². The Morgan fingerprint density at radius 3 is 1.79 bits per heavy atom. The van der Waals surface area contributed by atoms with E-state index in [2.05, 4.69) is 81.1 Å². The first-order valence-electron chi connectivity index (χ1n) is 10.8. The number of methoxy groups -OCH3 is 2. The van der Waals surface area contributed by atoms with Crippen molar-refractivity contribution in [2.75, 3.05) is 14.2 Å². The van der Waals surface area contributed by atoms with Gasteiger partial charge in [-0.2, -0.15) is 0 Å². The van der Waals surface area contributed by atoms with Crippen LogP contribution in [0.25, 0.3) is 0 Å². The van der Waals surface area contributed by atoms with Gasteiger partial charge >= 0.3 is 0 Å². The van der Waals surface area contributed by atoms with Crippen molar-refractivity contribution < 1.29 is 9.47 Å². The number of ether oxygens (including phenoxy) is 2. The Labute approximate surface area is 179 Å². The van der Waals surface area contributed by atoms with Crippen molar-refractivity contribution in [2.45, 2.75) is 101 Å². The van der Waals surface area contributed by atoms with Gasteiger partial charge in [0.25, 0.3) is 0 Å². The van der Waals surface area contributed by atoms with Crippen LogP contribution in [0.2, 0.25) is 0 Å². The molecule has 0 bridgehead atoms. The highest BCUT2D eigenvalue weighted by Gasteiger charge is 2.80. The molecule has 0 spiro atoms. The maximum absolute atomic E-state index is 6.45. The lowest BCUT2D eigenvalue weighted by Crippen LogP contribution is -2.63. The van der Waals surface area contributed by atoms with Crippen molar-refractivity contribution in [3.63, 3.8) is 0 Å². The smallest absolute Gasteiger partial charge is 0.125 e. The minimum atomic E-state index is -0.414. The van der Waals surface area contributed by atoms with Crippen molar-refractivity contribution in [1.29, 1.82) is 0 Å². The SMILES string of the molecule is COC(C)(C)[C@]1(C)C(C)(C)[C@@](C)(Cc2nc(C)nc(C)c2C)C(C)(C)[C@]1(C)OC. The van der Waals surface area contributed by atoms with Crippen LogP contribution >= 0.6 is 0 Å². The third-order valence-corrected chi connectivity index (χ3v) is 10.4. The van der Waals surface area contributed by atoms with Gasteiger partial charge in [-0.3, -0.25) is 0 Å². The second-order valence-electron chi connectivity index (χ2n) is 11.3. The van der Waals surface area contributed by atoms with Gasteiger partial charge in [-0.25, -0.2) is 9.97 Å². The normalized spacial score (nSPS) is 33.9. The lowest BCUT2D eigenvalue weighted by Gasteiger charge is -2.58. The van der Waals surface area contributed by atoms with Crippen LogP contribution in [0.3, 0.4) is 0 Å². The summed E-state index contributed by atoms with van der Waals surface area (Å²) in [5, 5.41) is 0. The molecule has 1 fully saturated rings. The highest BCUT2D eigenvalue weighted by molar-refractivity contribution is 5.33. The maximum Gasteiger partial charge on any atom is 0.125 e. The molecule has 0 unspecified atom stereocenters. The first-order chi connectivity index (χ1) is 12.9. The summed E-state index contributed by atoms with van der Waals surface area (Å²) >= 11 is 0. The van der Waals surface area contributed by atoms with E-state index in [9.17, 15) is 0 Å². The zero-order valence-electron chi connectivity index (χ0n) is 21.4. The Balaban J connectivity index is 2.85. The Hall–Kier alpha value is -1.00. The number of nitrogens with zero attached hydrogens (tertiary/aromatic N) is 2.